The van der Waals surface area contributed by atoms with Gasteiger partial charge in [0.25, 0.3) is 0 Å². The fraction of sp³-hybridized carbons (Fsp3) is 0.500. The zero-order chi connectivity index (χ0) is 11.7. The lowest BCUT2D eigenvalue weighted by Gasteiger charge is -2.42. The van der Waals surface area contributed by atoms with E-state index < -0.39 is 0 Å². The van der Waals surface area contributed by atoms with Crippen LogP contribution in [-0.4, -0.2) is 43.4 Å². The maximum atomic E-state index is 8.88. The molecule has 2 unspecified atom stereocenters. The minimum absolute atomic E-state index is 0.244. The lowest BCUT2D eigenvalue weighted by molar-refractivity contribution is -0.0484. The number of rotatable bonds is 1. The van der Waals surface area contributed by atoms with Crippen molar-refractivity contribution in [3.8, 4) is 6.07 Å². The highest BCUT2D eigenvalue weighted by molar-refractivity contribution is 5.49. The van der Waals surface area contributed by atoms with Crippen LogP contribution in [0.2, 0.25) is 0 Å². The highest BCUT2D eigenvalue weighted by Crippen LogP contribution is 2.21. The van der Waals surface area contributed by atoms with Crippen molar-refractivity contribution >= 4 is 5.69 Å². The quantitative estimate of drug-likeness (QED) is 0.743. The van der Waals surface area contributed by atoms with Crippen LogP contribution in [0.25, 0.3) is 0 Å². The second kappa shape index (κ2) is 4.32. The Balaban J connectivity index is 1.82. The third kappa shape index (κ3) is 2.09. The lowest BCUT2D eigenvalue weighted by Crippen LogP contribution is -2.58. The Labute approximate surface area is 100 Å². The minimum Gasteiger partial charge on any atom is -0.369 e. The van der Waals surface area contributed by atoms with E-state index >= 15 is 0 Å². The molecule has 0 spiro atoms. The summed E-state index contributed by atoms with van der Waals surface area (Å²) in [5.41, 5.74) is 1.63. The van der Waals surface area contributed by atoms with Crippen molar-refractivity contribution in [2.75, 3.05) is 31.1 Å². The maximum Gasteiger partial charge on any atom is 0.101 e. The molecule has 2 atom stereocenters. The van der Waals surface area contributed by atoms with Crippen molar-refractivity contribution in [1.82, 2.24) is 10.3 Å². The average molecular weight is 230 g/mol. The van der Waals surface area contributed by atoms with E-state index in [-0.39, 0.29) is 12.2 Å². The second-order valence-electron chi connectivity index (χ2n) is 4.49. The number of hydrogen-bond acceptors (Lipinski definition) is 5. The monoisotopic (exact) mass is 230 g/mol. The van der Waals surface area contributed by atoms with E-state index in [0.29, 0.717) is 5.56 Å². The SMILES string of the molecule is N#Cc1cncc(N2CC3CNCC(C2)O3)c1. The maximum absolute atomic E-state index is 8.88. The normalized spacial score (nSPS) is 27.6. The van der Waals surface area contributed by atoms with Crippen LogP contribution in [0, 0.1) is 11.3 Å². The van der Waals surface area contributed by atoms with Crippen molar-refractivity contribution < 1.29 is 4.74 Å². The van der Waals surface area contributed by atoms with Gasteiger partial charge in [-0.15, -0.1) is 0 Å². The van der Waals surface area contributed by atoms with Gasteiger partial charge in [-0.1, -0.05) is 0 Å². The summed E-state index contributed by atoms with van der Waals surface area (Å²) in [4.78, 5) is 6.36. The molecule has 0 aliphatic carbocycles. The van der Waals surface area contributed by atoms with Gasteiger partial charge in [-0.2, -0.15) is 5.26 Å². The van der Waals surface area contributed by atoms with Gasteiger partial charge in [-0.05, 0) is 6.07 Å². The first-order chi connectivity index (χ1) is 8.35. The van der Waals surface area contributed by atoms with E-state index in [9.17, 15) is 0 Å². The van der Waals surface area contributed by atoms with Gasteiger partial charge in [0.15, 0.2) is 0 Å². The Morgan fingerprint density at radius 3 is 2.82 bits per heavy atom. The Hall–Kier alpha value is -1.64. The first-order valence-electron chi connectivity index (χ1n) is 5.81. The summed E-state index contributed by atoms with van der Waals surface area (Å²) in [6.45, 7) is 3.52. The van der Waals surface area contributed by atoms with E-state index in [1.165, 1.54) is 0 Å². The van der Waals surface area contributed by atoms with Gasteiger partial charge in [-0.3, -0.25) is 4.98 Å². The molecule has 0 aromatic carbocycles. The minimum atomic E-state index is 0.244. The Bertz CT molecular complexity index is 444. The van der Waals surface area contributed by atoms with Crippen molar-refractivity contribution in [3.63, 3.8) is 0 Å². The standard InChI is InChI=1S/C12H14N4O/c13-2-9-1-10(4-14-3-9)16-7-11-5-15-6-12(8-16)17-11/h1,3-4,11-12,15H,5-8H2. The molecule has 1 aromatic rings. The van der Waals surface area contributed by atoms with Crippen LogP contribution >= 0.6 is 0 Å². The first-order valence-corrected chi connectivity index (χ1v) is 5.81. The van der Waals surface area contributed by atoms with Crippen molar-refractivity contribution in [1.29, 1.82) is 5.26 Å². The summed E-state index contributed by atoms with van der Waals surface area (Å²) in [5, 5.41) is 12.2. The van der Waals surface area contributed by atoms with Crippen LogP contribution in [0.3, 0.4) is 0 Å². The first kappa shape index (κ1) is 10.5. The fourth-order valence-corrected chi connectivity index (χ4v) is 2.43. The molecule has 3 heterocycles. The summed E-state index contributed by atoms with van der Waals surface area (Å²) >= 11 is 0. The zero-order valence-corrected chi connectivity index (χ0v) is 9.47. The van der Waals surface area contributed by atoms with Gasteiger partial charge in [0.05, 0.1) is 29.7 Å². The highest BCUT2D eigenvalue weighted by Gasteiger charge is 2.31. The van der Waals surface area contributed by atoms with E-state index in [1.807, 2.05) is 12.3 Å². The molecule has 3 rings (SSSR count). The van der Waals surface area contributed by atoms with Crippen LogP contribution < -0.4 is 10.2 Å². The fourth-order valence-electron chi connectivity index (χ4n) is 2.43. The number of aromatic nitrogens is 1. The third-order valence-corrected chi connectivity index (χ3v) is 3.20. The summed E-state index contributed by atoms with van der Waals surface area (Å²) in [7, 11) is 0. The Morgan fingerprint density at radius 2 is 2.12 bits per heavy atom. The molecular weight excluding hydrogens is 216 g/mol. The number of pyridine rings is 1. The van der Waals surface area contributed by atoms with Crippen LogP contribution in [0.1, 0.15) is 5.56 Å². The highest BCUT2D eigenvalue weighted by atomic mass is 16.5. The molecule has 88 valence electrons. The molecule has 0 radical (unpaired) electrons. The summed E-state index contributed by atoms with van der Waals surface area (Å²) in [6.07, 6.45) is 3.89. The predicted molar refractivity (Wildman–Crippen MR) is 62.7 cm³/mol. The number of fused-ring (bicyclic) bond motifs is 2. The summed E-state index contributed by atoms with van der Waals surface area (Å²) < 4.78 is 5.84. The number of hydrogen-bond donors (Lipinski definition) is 1. The zero-order valence-electron chi connectivity index (χ0n) is 9.47. The molecule has 2 aliphatic rings. The molecule has 17 heavy (non-hydrogen) atoms. The van der Waals surface area contributed by atoms with Gasteiger partial charge in [0.2, 0.25) is 0 Å². The second-order valence-corrected chi connectivity index (χ2v) is 4.49. The predicted octanol–water partition coefficient (Wildman–Crippen LogP) is 0.130. The molecule has 0 amide bonds. The molecule has 5 heteroatoms. The van der Waals surface area contributed by atoms with Crippen LogP contribution in [0.15, 0.2) is 18.5 Å². The molecule has 2 bridgehead atoms. The number of nitrogens with one attached hydrogen (secondary N) is 1. The molecule has 2 saturated heterocycles. The Kier molecular flexibility index (Phi) is 2.67. The molecule has 2 fully saturated rings. The van der Waals surface area contributed by atoms with Crippen molar-refractivity contribution in [2.45, 2.75) is 12.2 Å². The number of anilines is 1. The van der Waals surface area contributed by atoms with Crippen LogP contribution in [0.4, 0.5) is 5.69 Å². The third-order valence-electron chi connectivity index (χ3n) is 3.20. The molecule has 1 aromatic heterocycles. The van der Waals surface area contributed by atoms with E-state index in [4.69, 9.17) is 10.00 Å². The average Bonchev–Trinajstić information content (AvgIpc) is 2.38. The van der Waals surface area contributed by atoms with Crippen molar-refractivity contribution in [2.24, 2.45) is 0 Å². The van der Waals surface area contributed by atoms with Crippen LogP contribution in [0.5, 0.6) is 0 Å². The van der Waals surface area contributed by atoms with Crippen molar-refractivity contribution in [3.05, 3.63) is 24.0 Å². The molecule has 2 aliphatic heterocycles. The molecule has 0 saturated carbocycles. The van der Waals surface area contributed by atoms with Crippen LogP contribution in [-0.2, 0) is 4.74 Å². The molecule has 5 nitrogen and oxygen atoms in total. The van der Waals surface area contributed by atoms with Gasteiger partial charge in [0.1, 0.15) is 6.07 Å². The van der Waals surface area contributed by atoms with Gasteiger partial charge in [-0.25, -0.2) is 0 Å². The van der Waals surface area contributed by atoms with E-state index in [2.05, 4.69) is 21.3 Å². The molecular formula is C12H14N4O. The largest absolute Gasteiger partial charge is 0.369 e. The van der Waals surface area contributed by atoms with Gasteiger partial charge < -0.3 is 15.0 Å². The number of nitrogens with zero attached hydrogens (tertiary/aromatic N) is 3. The number of nitriles is 1. The lowest BCUT2D eigenvalue weighted by atomic mass is 10.1. The van der Waals surface area contributed by atoms with Gasteiger partial charge >= 0.3 is 0 Å². The summed E-state index contributed by atoms with van der Waals surface area (Å²) in [6, 6.07) is 4.01. The van der Waals surface area contributed by atoms with E-state index in [1.54, 1.807) is 6.20 Å². The smallest absolute Gasteiger partial charge is 0.101 e. The van der Waals surface area contributed by atoms with E-state index in [0.717, 1.165) is 31.9 Å². The molecule has 1 N–H and O–H groups in total. The van der Waals surface area contributed by atoms with Gasteiger partial charge in [0, 0.05) is 32.4 Å². The number of morpholine rings is 2. The summed E-state index contributed by atoms with van der Waals surface area (Å²) in [5.74, 6) is 0. The Morgan fingerprint density at radius 1 is 1.35 bits per heavy atom. The number of ether oxygens (including phenoxy) is 1. The topological polar surface area (TPSA) is 61.2 Å².